The Kier molecular flexibility index (Phi) is 3.97. The third-order valence-corrected chi connectivity index (χ3v) is 5.32. The van der Waals surface area contributed by atoms with Gasteiger partial charge in [-0.3, -0.25) is 0 Å². The maximum Gasteiger partial charge on any atom is 0.240 e. The van der Waals surface area contributed by atoms with Crippen LogP contribution in [0.1, 0.15) is 39.5 Å². The molecule has 0 aliphatic heterocycles. The molecule has 0 aromatic heterocycles. The quantitative estimate of drug-likeness (QED) is 0.927. The Labute approximate surface area is 114 Å². The van der Waals surface area contributed by atoms with Gasteiger partial charge in [0.1, 0.15) is 5.82 Å². The van der Waals surface area contributed by atoms with Crippen LogP contribution in [-0.4, -0.2) is 14.5 Å². The van der Waals surface area contributed by atoms with Crippen molar-refractivity contribution >= 4 is 10.0 Å². The Bertz CT molecular complexity index is 527. The zero-order valence-electron chi connectivity index (χ0n) is 11.3. The summed E-state index contributed by atoms with van der Waals surface area (Å²) in [5.74, 6) is -0.432. The van der Waals surface area contributed by atoms with E-state index in [1.807, 2.05) is 0 Å². The largest absolute Gasteiger partial charge is 0.240 e. The molecule has 1 aliphatic rings. The van der Waals surface area contributed by atoms with Crippen molar-refractivity contribution in [2.45, 2.75) is 50.5 Å². The number of halogens is 1. The van der Waals surface area contributed by atoms with Crippen LogP contribution in [0.3, 0.4) is 0 Å². The van der Waals surface area contributed by atoms with Gasteiger partial charge < -0.3 is 0 Å². The van der Waals surface area contributed by atoms with Crippen LogP contribution in [0.4, 0.5) is 4.39 Å². The molecule has 5 heteroatoms. The second kappa shape index (κ2) is 5.21. The summed E-state index contributed by atoms with van der Waals surface area (Å²) in [6, 6.07) is 4.91. The van der Waals surface area contributed by atoms with Crippen LogP contribution in [0.15, 0.2) is 29.2 Å². The summed E-state index contributed by atoms with van der Waals surface area (Å²) in [6.07, 6.45) is 3.74. The van der Waals surface area contributed by atoms with E-state index in [1.165, 1.54) is 24.3 Å². The zero-order chi connectivity index (χ0) is 14.1. The van der Waals surface area contributed by atoms with Gasteiger partial charge in [-0.2, -0.15) is 0 Å². The van der Waals surface area contributed by atoms with Crippen molar-refractivity contribution in [1.29, 1.82) is 0 Å². The number of benzene rings is 1. The van der Waals surface area contributed by atoms with Crippen LogP contribution in [0.5, 0.6) is 0 Å². The lowest BCUT2D eigenvalue weighted by Gasteiger charge is -2.34. The maximum atomic E-state index is 12.8. The van der Waals surface area contributed by atoms with Crippen molar-refractivity contribution in [3.8, 4) is 0 Å². The highest BCUT2D eigenvalue weighted by molar-refractivity contribution is 7.89. The highest BCUT2D eigenvalue weighted by Gasteiger charge is 2.29. The van der Waals surface area contributed by atoms with Crippen LogP contribution in [0.2, 0.25) is 0 Å². The number of hydrogen-bond acceptors (Lipinski definition) is 2. The van der Waals surface area contributed by atoms with Crippen LogP contribution in [0.25, 0.3) is 0 Å². The van der Waals surface area contributed by atoms with Crippen molar-refractivity contribution in [3.63, 3.8) is 0 Å². The standard InChI is InChI=1S/C14H20FNO2S/c1-14(2)9-7-12(8-10-14)16-19(17,18)13-5-3-11(15)4-6-13/h3-6,12,16H,7-10H2,1-2H3. The van der Waals surface area contributed by atoms with Crippen LogP contribution >= 0.6 is 0 Å². The van der Waals surface area contributed by atoms with Gasteiger partial charge in [0.2, 0.25) is 10.0 Å². The summed E-state index contributed by atoms with van der Waals surface area (Å²) >= 11 is 0. The third-order valence-electron chi connectivity index (χ3n) is 3.78. The second-order valence-corrected chi connectivity index (χ2v) is 7.73. The Morgan fingerprint density at radius 2 is 1.68 bits per heavy atom. The van der Waals surface area contributed by atoms with Gasteiger partial charge in [0.15, 0.2) is 0 Å². The molecule has 1 aliphatic carbocycles. The van der Waals surface area contributed by atoms with Crippen molar-refractivity contribution in [1.82, 2.24) is 4.72 Å². The molecule has 3 nitrogen and oxygen atoms in total. The van der Waals surface area contributed by atoms with Gasteiger partial charge in [0.05, 0.1) is 4.90 Å². The lowest BCUT2D eigenvalue weighted by Crippen LogP contribution is -2.39. The lowest BCUT2D eigenvalue weighted by atomic mass is 9.76. The zero-order valence-corrected chi connectivity index (χ0v) is 12.1. The van der Waals surface area contributed by atoms with E-state index in [4.69, 9.17) is 0 Å². The summed E-state index contributed by atoms with van der Waals surface area (Å²) in [7, 11) is -3.53. The Morgan fingerprint density at radius 1 is 1.16 bits per heavy atom. The minimum Gasteiger partial charge on any atom is -0.208 e. The molecule has 2 rings (SSSR count). The first kappa shape index (κ1) is 14.5. The molecule has 0 atom stereocenters. The summed E-state index contributed by atoms with van der Waals surface area (Å²) in [4.78, 5) is 0.124. The van der Waals surface area contributed by atoms with Crippen molar-refractivity contribution in [2.75, 3.05) is 0 Å². The summed E-state index contributed by atoms with van der Waals surface area (Å²) in [6.45, 7) is 4.41. The Hall–Kier alpha value is -0.940. The summed E-state index contributed by atoms with van der Waals surface area (Å²) < 4.78 is 39.8. The van der Waals surface area contributed by atoms with Gasteiger partial charge in [-0.25, -0.2) is 17.5 Å². The topological polar surface area (TPSA) is 46.2 Å². The molecular formula is C14H20FNO2S. The first-order valence-corrected chi connectivity index (χ1v) is 8.05. The van der Waals surface area contributed by atoms with Gasteiger partial charge in [-0.05, 0) is 55.4 Å². The monoisotopic (exact) mass is 285 g/mol. The van der Waals surface area contributed by atoms with Crippen LogP contribution in [0, 0.1) is 11.2 Å². The number of sulfonamides is 1. The molecule has 1 N–H and O–H groups in total. The summed E-state index contributed by atoms with van der Waals surface area (Å²) in [5, 5.41) is 0. The fourth-order valence-electron chi connectivity index (χ4n) is 2.42. The first-order chi connectivity index (χ1) is 8.78. The average Bonchev–Trinajstić information content (AvgIpc) is 2.32. The molecule has 0 bridgehead atoms. The van der Waals surface area contributed by atoms with E-state index in [0.29, 0.717) is 5.41 Å². The predicted octanol–water partition coefficient (Wildman–Crippen LogP) is 3.07. The molecule has 0 amide bonds. The number of hydrogen-bond donors (Lipinski definition) is 1. The molecular weight excluding hydrogens is 265 g/mol. The van der Waals surface area contributed by atoms with E-state index in [-0.39, 0.29) is 10.9 Å². The molecule has 1 aromatic carbocycles. The van der Waals surface area contributed by atoms with Gasteiger partial charge >= 0.3 is 0 Å². The Morgan fingerprint density at radius 3 is 2.21 bits per heavy atom. The van der Waals surface area contributed by atoms with Crippen molar-refractivity contribution in [3.05, 3.63) is 30.1 Å². The molecule has 0 saturated heterocycles. The molecule has 1 saturated carbocycles. The molecule has 1 aromatic rings. The van der Waals surface area contributed by atoms with Crippen molar-refractivity contribution < 1.29 is 12.8 Å². The minimum absolute atomic E-state index is 0.0110. The van der Waals surface area contributed by atoms with Crippen molar-refractivity contribution in [2.24, 2.45) is 5.41 Å². The molecule has 0 radical (unpaired) electrons. The van der Waals surface area contributed by atoms with Gasteiger partial charge in [0, 0.05) is 6.04 Å². The average molecular weight is 285 g/mol. The maximum absolute atomic E-state index is 12.8. The smallest absolute Gasteiger partial charge is 0.208 e. The van der Waals surface area contributed by atoms with E-state index < -0.39 is 15.8 Å². The number of nitrogens with one attached hydrogen (secondary N) is 1. The van der Waals surface area contributed by atoms with Gasteiger partial charge in [0.25, 0.3) is 0 Å². The van der Waals surface area contributed by atoms with Crippen LogP contribution < -0.4 is 4.72 Å². The molecule has 106 valence electrons. The van der Waals surface area contributed by atoms with Crippen LogP contribution in [-0.2, 0) is 10.0 Å². The summed E-state index contributed by atoms with van der Waals surface area (Å²) in [5.41, 5.74) is 0.303. The number of rotatable bonds is 3. The lowest BCUT2D eigenvalue weighted by molar-refractivity contribution is 0.218. The predicted molar refractivity (Wildman–Crippen MR) is 72.8 cm³/mol. The molecule has 1 fully saturated rings. The van der Waals surface area contributed by atoms with Gasteiger partial charge in [-0.15, -0.1) is 0 Å². The van der Waals surface area contributed by atoms with E-state index in [9.17, 15) is 12.8 Å². The van der Waals surface area contributed by atoms with Gasteiger partial charge in [-0.1, -0.05) is 13.8 Å². The highest BCUT2D eigenvalue weighted by Crippen LogP contribution is 2.35. The Balaban J connectivity index is 2.04. The fourth-order valence-corrected chi connectivity index (χ4v) is 3.72. The van der Waals surface area contributed by atoms with E-state index >= 15 is 0 Å². The van der Waals surface area contributed by atoms with E-state index in [1.54, 1.807) is 0 Å². The fraction of sp³-hybridized carbons (Fsp3) is 0.571. The molecule has 0 unspecified atom stereocenters. The highest BCUT2D eigenvalue weighted by atomic mass is 32.2. The SMILES string of the molecule is CC1(C)CCC(NS(=O)(=O)c2ccc(F)cc2)CC1. The molecule has 19 heavy (non-hydrogen) atoms. The second-order valence-electron chi connectivity index (χ2n) is 6.01. The first-order valence-electron chi connectivity index (χ1n) is 6.56. The molecule has 0 spiro atoms. The van der Waals surface area contributed by atoms with E-state index in [0.717, 1.165) is 25.7 Å². The minimum atomic E-state index is -3.53. The molecule has 0 heterocycles. The third kappa shape index (κ3) is 3.76. The van der Waals surface area contributed by atoms with E-state index in [2.05, 4.69) is 18.6 Å². The normalized spacial score (nSPS) is 20.4.